The molecular formula is C14H20N2OS. The van der Waals surface area contributed by atoms with E-state index in [0.717, 1.165) is 29.8 Å². The molecule has 3 nitrogen and oxygen atoms in total. The smallest absolute Gasteiger partial charge is 0.244 e. The van der Waals surface area contributed by atoms with E-state index in [0.29, 0.717) is 0 Å². The number of fused-ring (bicyclic) bond motifs is 2. The van der Waals surface area contributed by atoms with Crippen LogP contribution in [0.1, 0.15) is 36.6 Å². The van der Waals surface area contributed by atoms with Gasteiger partial charge in [-0.25, -0.2) is 0 Å². The summed E-state index contributed by atoms with van der Waals surface area (Å²) in [4.78, 5) is 15.4. The van der Waals surface area contributed by atoms with Crippen molar-refractivity contribution in [1.82, 2.24) is 4.90 Å². The molecule has 1 aliphatic heterocycles. The lowest BCUT2D eigenvalue weighted by atomic mass is 9.78. The molecule has 1 amide bonds. The van der Waals surface area contributed by atoms with E-state index in [9.17, 15) is 4.79 Å². The van der Waals surface area contributed by atoms with E-state index < -0.39 is 6.04 Å². The lowest BCUT2D eigenvalue weighted by Gasteiger charge is -2.42. The fourth-order valence-corrected chi connectivity index (χ4v) is 4.12. The quantitative estimate of drug-likeness (QED) is 0.891. The number of hydrogen-bond donors (Lipinski definition) is 1. The number of amides is 1. The SMILES string of the molecule is NC(C(=O)N1CC2CCCC(C2)C1)c1cccs1. The van der Waals surface area contributed by atoms with E-state index in [1.54, 1.807) is 11.3 Å². The monoisotopic (exact) mass is 264 g/mol. The molecular weight excluding hydrogens is 244 g/mol. The van der Waals surface area contributed by atoms with E-state index in [1.165, 1.54) is 25.7 Å². The first-order valence-corrected chi connectivity index (χ1v) is 7.70. The topological polar surface area (TPSA) is 46.3 Å². The van der Waals surface area contributed by atoms with Crippen molar-refractivity contribution in [1.29, 1.82) is 0 Å². The van der Waals surface area contributed by atoms with Crippen molar-refractivity contribution in [3.05, 3.63) is 22.4 Å². The zero-order valence-corrected chi connectivity index (χ0v) is 11.4. The predicted molar refractivity (Wildman–Crippen MR) is 73.3 cm³/mol. The van der Waals surface area contributed by atoms with Crippen LogP contribution >= 0.6 is 11.3 Å². The minimum Gasteiger partial charge on any atom is -0.340 e. The summed E-state index contributed by atoms with van der Waals surface area (Å²) in [5.74, 6) is 1.56. The van der Waals surface area contributed by atoms with E-state index in [-0.39, 0.29) is 5.91 Å². The Hall–Kier alpha value is -0.870. The number of thiophene rings is 1. The van der Waals surface area contributed by atoms with Gasteiger partial charge in [0.2, 0.25) is 5.91 Å². The number of likely N-dealkylation sites (tertiary alicyclic amines) is 1. The first kappa shape index (κ1) is 12.2. The van der Waals surface area contributed by atoms with Crippen molar-refractivity contribution in [3.63, 3.8) is 0 Å². The van der Waals surface area contributed by atoms with Gasteiger partial charge in [0, 0.05) is 18.0 Å². The Morgan fingerprint density at radius 2 is 2.11 bits per heavy atom. The second-order valence-corrected chi connectivity index (χ2v) is 6.61. The summed E-state index contributed by atoms with van der Waals surface area (Å²) in [6.07, 6.45) is 5.23. The fraction of sp³-hybridized carbons (Fsp3) is 0.643. The zero-order valence-electron chi connectivity index (χ0n) is 10.5. The van der Waals surface area contributed by atoms with Gasteiger partial charge in [0.15, 0.2) is 0 Å². The van der Waals surface area contributed by atoms with Crippen LogP contribution in [0.3, 0.4) is 0 Å². The zero-order chi connectivity index (χ0) is 12.5. The molecule has 4 heteroatoms. The van der Waals surface area contributed by atoms with Crippen LogP contribution in [-0.2, 0) is 4.79 Å². The largest absolute Gasteiger partial charge is 0.340 e. The van der Waals surface area contributed by atoms with E-state index in [2.05, 4.69) is 0 Å². The molecule has 1 aromatic rings. The van der Waals surface area contributed by atoms with Crippen LogP contribution in [-0.4, -0.2) is 23.9 Å². The Bertz CT molecular complexity index is 405. The molecule has 2 N–H and O–H groups in total. The molecule has 1 aromatic heterocycles. The standard InChI is InChI=1S/C14H20N2OS/c15-13(12-5-2-6-18-12)14(17)16-8-10-3-1-4-11(7-10)9-16/h2,5-6,10-11,13H,1,3-4,7-9,15H2. The minimum absolute atomic E-state index is 0.119. The van der Waals surface area contributed by atoms with Gasteiger partial charge in [0.1, 0.15) is 6.04 Å². The predicted octanol–water partition coefficient (Wildman–Crippen LogP) is 2.40. The van der Waals surface area contributed by atoms with Gasteiger partial charge in [-0.15, -0.1) is 11.3 Å². The highest BCUT2D eigenvalue weighted by atomic mass is 32.1. The third-order valence-corrected chi connectivity index (χ3v) is 5.23. The normalized spacial score (nSPS) is 29.1. The highest BCUT2D eigenvalue weighted by Crippen LogP contribution is 2.35. The maximum absolute atomic E-state index is 12.4. The molecule has 18 heavy (non-hydrogen) atoms. The molecule has 2 bridgehead atoms. The number of rotatable bonds is 2. The summed E-state index contributed by atoms with van der Waals surface area (Å²) in [5, 5.41) is 1.98. The van der Waals surface area contributed by atoms with Gasteiger partial charge in [0.05, 0.1) is 0 Å². The Morgan fingerprint density at radius 3 is 2.72 bits per heavy atom. The first-order valence-electron chi connectivity index (χ1n) is 6.82. The van der Waals surface area contributed by atoms with Crippen molar-refractivity contribution in [2.75, 3.05) is 13.1 Å². The molecule has 1 aliphatic carbocycles. The molecule has 98 valence electrons. The summed E-state index contributed by atoms with van der Waals surface area (Å²) < 4.78 is 0. The van der Waals surface area contributed by atoms with Gasteiger partial charge in [0.25, 0.3) is 0 Å². The molecule has 3 unspecified atom stereocenters. The first-order chi connectivity index (χ1) is 8.74. The van der Waals surface area contributed by atoms with Crippen LogP contribution in [0, 0.1) is 11.8 Å². The summed E-state index contributed by atoms with van der Waals surface area (Å²) in [7, 11) is 0. The molecule has 0 aromatic carbocycles. The highest BCUT2D eigenvalue weighted by Gasteiger charge is 2.34. The van der Waals surface area contributed by atoms with E-state index in [4.69, 9.17) is 5.73 Å². The Balaban J connectivity index is 1.69. The summed E-state index contributed by atoms with van der Waals surface area (Å²) in [6, 6.07) is 3.46. The maximum Gasteiger partial charge on any atom is 0.244 e. The summed E-state index contributed by atoms with van der Waals surface area (Å²) in [6.45, 7) is 1.85. The molecule has 1 saturated carbocycles. The number of carbonyl (C=O) groups is 1. The van der Waals surface area contributed by atoms with Gasteiger partial charge in [-0.1, -0.05) is 12.5 Å². The van der Waals surface area contributed by atoms with Gasteiger partial charge in [-0.3, -0.25) is 4.79 Å². The van der Waals surface area contributed by atoms with Crippen LogP contribution < -0.4 is 5.73 Å². The van der Waals surface area contributed by atoms with Crippen LogP contribution in [0.5, 0.6) is 0 Å². The molecule has 0 radical (unpaired) electrons. The highest BCUT2D eigenvalue weighted by molar-refractivity contribution is 7.10. The third-order valence-electron chi connectivity index (χ3n) is 4.28. The molecule has 0 spiro atoms. The average Bonchev–Trinajstić information content (AvgIpc) is 2.90. The third kappa shape index (κ3) is 2.31. The van der Waals surface area contributed by atoms with Crippen LogP contribution in [0.25, 0.3) is 0 Å². The molecule has 3 rings (SSSR count). The molecule has 2 fully saturated rings. The van der Waals surface area contributed by atoms with Crippen molar-refractivity contribution < 1.29 is 4.79 Å². The maximum atomic E-state index is 12.4. The van der Waals surface area contributed by atoms with Crippen LogP contribution in [0.4, 0.5) is 0 Å². The van der Waals surface area contributed by atoms with Crippen molar-refractivity contribution in [3.8, 4) is 0 Å². The molecule has 2 heterocycles. The minimum atomic E-state index is -0.455. The summed E-state index contributed by atoms with van der Waals surface area (Å²) in [5.41, 5.74) is 6.08. The van der Waals surface area contributed by atoms with Crippen molar-refractivity contribution >= 4 is 17.2 Å². The Morgan fingerprint density at radius 1 is 1.39 bits per heavy atom. The molecule has 2 aliphatic rings. The lowest BCUT2D eigenvalue weighted by Crippen LogP contribution is -2.48. The lowest BCUT2D eigenvalue weighted by molar-refractivity contribution is -0.136. The number of carbonyl (C=O) groups excluding carboxylic acids is 1. The van der Waals surface area contributed by atoms with E-state index in [1.807, 2.05) is 22.4 Å². The van der Waals surface area contributed by atoms with Crippen molar-refractivity contribution in [2.24, 2.45) is 17.6 Å². The number of nitrogens with zero attached hydrogens (tertiary/aromatic N) is 1. The van der Waals surface area contributed by atoms with Gasteiger partial charge < -0.3 is 10.6 Å². The molecule has 1 saturated heterocycles. The fourth-order valence-electron chi connectivity index (χ4n) is 3.40. The second-order valence-electron chi connectivity index (χ2n) is 5.63. The number of hydrogen-bond acceptors (Lipinski definition) is 3. The van der Waals surface area contributed by atoms with Gasteiger partial charge in [-0.2, -0.15) is 0 Å². The summed E-state index contributed by atoms with van der Waals surface area (Å²) >= 11 is 1.57. The van der Waals surface area contributed by atoms with Gasteiger partial charge in [-0.05, 0) is 42.5 Å². The van der Waals surface area contributed by atoms with Crippen LogP contribution in [0.15, 0.2) is 17.5 Å². The Labute approximate surface area is 112 Å². The number of piperidine rings is 1. The Kier molecular flexibility index (Phi) is 3.39. The molecule has 3 atom stereocenters. The van der Waals surface area contributed by atoms with E-state index >= 15 is 0 Å². The second kappa shape index (κ2) is 5.02. The van der Waals surface area contributed by atoms with Crippen LogP contribution in [0.2, 0.25) is 0 Å². The van der Waals surface area contributed by atoms with Crippen molar-refractivity contribution in [2.45, 2.75) is 31.7 Å². The van der Waals surface area contributed by atoms with Gasteiger partial charge >= 0.3 is 0 Å². The number of nitrogens with two attached hydrogens (primary N) is 1. The average molecular weight is 264 g/mol.